The van der Waals surface area contributed by atoms with Crippen molar-refractivity contribution in [3.8, 4) is 0 Å². The minimum atomic E-state index is 0. The molecule has 0 aromatic heterocycles. The molecule has 1 atom stereocenters. The summed E-state index contributed by atoms with van der Waals surface area (Å²) in [6.07, 6.45) is 10.0. The van der Waals surface area contributed by atoms with E-state index in [1.807, 2.05) is 0 Å². The lowest BCUT2D eigenvalue weighted by Gasteiger charge is -2.16. The number of hydrogen-bond acceptors (Lipinski definition) is 3. The van der Waals surface area contributed by atoms with E-state index in [-0.39, 0.29) is 24.0 Å². The van der Waals surface area contributed by atoms with Gasteiger partial charge >= 0.3 is 0 Å². The molecule has 3 N–H and O–H groups in total. The lowest BCUT2D eigenvalue weighted by molar-refractivity contribution is 0.0424. The highest BCUT2D eigenvalue weighted by molar-refractivity contribution is 14.0. The first-order valence-corrected chi connectivity index (χ1v) is 8.10. The van der Waals surface area contributed by atoms with Gasteiger partial charge in [0.05, 0.1) is 12.7 Å². The van der Waals surface area contributed by atoms with Gasteiger partial charge in [-0.3, -0.25) is 4.99 Å². The summed E-state index contributed by atoms with van der Waals surface area (Å²) in [5.74, 6) is 0.598. The Bertz CT molecular complexity index is 289. The van der Waals surface area contributed by atoms with Crippen LogP contribution in [0.3, 0.4) is 0 Å². The van der Waals surface area contributed by atoms with Crippen LogP contribution in [-0.4, -0.2) is 44.5 Å². The molecule has 0 bridgehead atoms. The van der Waals surface area contributed by atoms with Gasteiger partial charge in [0, 0.05) is 25.8 Å². The third-order valence-electron chi connectivity index (χ3n) is 4.03. The Hall–Kier alpha value is -0.0800. The molecule has 1 aliphatic carbocycles. The largest absolute Gasteiger partial charge is 0.379 e. The van der Waals surface area contributed by atoms with Crippen LogP contribution in [0.15, 0.2) is 4.99 Å². The highest BCUT2D eigenvalue weighted by Gasteiger charge is 2.15. The molecule has 1 heterocycles. The second kappa shape index (κ2) is 11.5. The fourth-order valence-electron chi connectivity index (χ4n) is 2.84. The first-order valence-electron chi connectivity index (χ1n) is 8.10. The zero-order valence-electron chi connectivity index (χ0n) is 12.9. The van der Waals surface area contributed by atoms with Crippen molar-refractivity contribution >= 4 is 29.9 Å². The molecule has 0 aromatic rings. The van der Waals surface area contributed by atoms with Gasteiger partial charge in [-0.2, -0.15) is 0 Å². The second-order valence-corrected chi connectivity index (χ2v) is 5.81. The minimum Gasteiger partial charge on any atom is -0.379 e. The Balaban J connectivity index is 0.00000220. The molecule has 1 saturated heterocycles. The molecule has 0 aromatic carbocycles. The van der Waals surface area contributed by atoms with E-state index in [2.05, 4.69) is 10.3 Å². The van der Waals surface area contributed by atoms with Crippen LogP contribution >= 0.6 is 24.0 Å². The van der Waals surface area contributed by atoms with Gasteiger partial charge in [-0.1, -0.05) is 25.7 Å². The van der Waals surface area contributed by atoms with Gasteiger partial charge < -0.3 is 20.5 Å². The number of nitrogens with two attached hydrogens (primary N) is 1. The maximum Gasteiger partial charge on any atom is 0.188 e. The van der Waals surface area contributed by atoms with Crippen molar-refractivity contribution in [1.82, 2.24) is 5.32 Å². The fourth-order valence-corrected chi connectivity index (χ4v) is 2.84. The topological polar surface area (TPSA) is 68.9 Å². The summed E-state index contributed by atoms with van der Waals surface area (Å²) in [4.78, 5) is 4.39. The zero-order chi connectivity index (χ0) is 14.0. The predicted molar refractivity (Wildman–Crippen MR) is 96.3 cm³/mol. The van der Waals surface area contributed by atoms with Gasteiger partial charge in [-0.15, -0.1) is 24.0 Å². The average Bonchev–Trinajstić information content (AvgIpc) is 2.83. The van der Waals surface area contributed by atoms with Crippen LogP contribution in [0.5, 0.6) is 0 Å². The van der Waals surface area contributed by atoms with Crippen molar-refractivity contribution in [3.63, 3.8) is 0 Å². The quantitative estimate of drug-likeness (QED) is 0.232. The van der Waals surface area contributed by atoms with E-state index in [9.17, 15) is 0 Å². The monoisotopic (exact) mass is 411 g/mol. The summed E-state index contributed by atoms with van der Waals surface area (Å²) in [6, 6.07) is 0.521. The van der Waals surface area contributed by atoms with Gasteiger partial charge in [0.2, 0.25) is 0 Å². The summed E-state index contributed by atoms with van der Waals surface area (Å²) in [5.41, 5.74) is 5.94. The third-order valence-corrected chi connectivity index (χ3v) is 4.03. The van der Waals surface area contributed by atoms with Crippen LogP contribution in [0, 0.1) is 0 Å². The first-order chi connectivity index (χ1) is 9.84. The highest BCUT2D eigenvalue weighted by Crippen LogP contribution is 2.16. The number of hydrogen-bond donors (Lipinski definition) is 2. The second-order valence-electron chi connectivity index (χ2n) is 5.81. The highest BCUT2D eigenvalue weighted by atomic mass is 127. The van der Waals surface area contributed by atoms with Crippen LogP contribution in [0.1, 0.15) is 51.4 Å². The molecule has 124 valence electrons. The molecule has 1 unspecified atom stereocenters. The van der Waals surface area contributed by atoms with Crippen molar-refractivity contribution < 1.29 is 9.47 Å². The number of nitrogens with zero attached hydrogens (tertiary/aromatic N) is 1. The SMILES string of the molecule is I.NC(=NCCCOC1CCOC1)NC1CCCCCC1. The smallest absolute Gasteiger partial charge is 0.188 e. The number of rotatable bonds is 6. The Labute approximate surface area is 145 Å². The minimum absolute atomic E-state index is 0. The molecule has 0 amide bonds. The molecular weight excluding hydrogens is 381 g/mol. The predicted octanol–water partition coefficient (Wildman–Crippen LogP) is 2.43. The van der Waals surface area contributed by atoms with Gasteiger partial charge in [0.15, 0.2) is 5.96 Å². The molecule has 0 radical (unpaired) electrons. The maximum absolute atomic E-state index is 5.94. The van der Waals surface area contributed by atoms with Crippen molar-refractivity contribution in [1.29, 1.82) is 0 Å². The van der Waals surface area contributed by atoms with E-state index in [1.54, 1.807) is 0 Å². The molecule has 21 heavy (non-hydrogen) atoms. The maximum atomic E-state index is 5.94. The van der Waals surface area contributed by atoms with E-state index in [0.29, 0.717) is 18.1 Å². The number of aliphatic imine (C=N–C) groups is 1. The van der Waals surface area contributed by atoms with Crippen LogP contribution in [0.25, 0.3) is 0 Å². The first kappa shape index (κ1) is 19.0. The summed E-state index contributed by atoms with van der Waals surface area (Å²) >= 11 is 0. The van der Waals surface area contributed by atoms with E-state index in [4.69, 9.17) is 15.2 Å². The molecule has 2 fully saturated rings. The van der Waals surface area contributed by atoms with Gasteiger partial charge in [0.1, 0.15) is 0 Å². The lowest BCUT2D eigenvalue weighted by atomic mass is 10.1. The van der Waals surface area contributed by atoms with Gasteiger partial charge in [0.25, 0.3) is 0 Å². The molecule has 5 nitrogen and oxygen atoms in total. The standard InChI is InChI=1S/C15H29N3O2.HI/c16-15(18-13-6-3-1-2-4-7-13)17-9-5-10-20-14-8-11-19-12-14;/h13-14H,1-12H2,(H3,16,17,18);1H. The number of nitrogens with one attached hydrogen (secondary N) is 1. The molecule has 2 aliphatic rings. The Kier molecular flexibility index (Phi) is 10.4. The van der Waals surface area contributed by atoms with Crippen molar-refractivity contribution in [2.75, 3.05) is 26.4 Å². The van der Waals surface area contributed by atoms with E-state index < -0.39 is 0 Å². The molecule has 0 spiro atoms. The van der Waals surface area contributed by atoms with Crippen molar-refractivity contribution in [2.45, 2.75) is 63.5 Å². The fraction of sp³-hybridized carbons (Fsp3) is 0.933. The van der Waals surface area contributed by atoms with Crippen molar-refractivity contribution in [2.24, 2.45) is 10.7 Å². The summed E-state index contributed by atoms with van der Waals surface area (Å²) < 4.78 is 11.0. The van der Waals surface area contributed by atoms with Crippen LogP contribution in [0.2, 0.25) is 0 Å². The van der Waals surface area contributed by atoms with Crippen molar-refractivity contribution in [3.05, 3.63) is 0 Å². The van der Waals surface area contributed by atoms with E-state index in [0.717, 1.165) is 39.2 Å². The molecular formula is C15H30IN3O2. The normalized spacial score (nSPS) is 24.4. The summed E-state index contributed by atoms with van der Waals surface area (Å²) in [7, 11) is 0. The zero-order valence-corrected chi connectivity index (χ0v) is 15.2. The average molecular weight is 411 g/mol. The number of guanidine groups is 1. The van der Waals surface area contributed by atoms with Gasteiger partial charge in [-0.25, -0.2) is 0 Å². The molecule has 1 saturated carbocycles. The Morgan fingerprint density at radius 1 is 1.19 bits per heavy atom. The number of halogens is 1. The molecule has 1 aliphatic heterocycles. The molecule has 6 heteroatoms. The van der Waals surface area contributed by atoms with E-state index in [1.165, 1.54) is 38.5 Å². The van der Waals surface area contributed by atoms with Gasteiger partial charge in [-0.05, 0) is 25.7 Å². The van der Waals surface area contributed by atoms with E-state index >= 15 is 0 Å². The summed E-state index contributed by atoms with van der Waals surface area (Å²) in [5, 5.41) is 3.36. The van der Waals surface area contributed by atoms with Crippen LogP contribution < -0.4 is 11.1 Å². The Morgan fingerprint density at radius 2 is 1.95 bits per heavy atom. The Morgan fingerprint density at radius 3 is 2.62 bits per heavy atom. The molecule has 2 rings (SSSR count). The summed E-state index contributed by atoms with van der Waals surface area (Å²) in [6.45, 7) is 3.06. The lowest BCUT2D eigenvalue weighted by Crippen LogP contribution is -2.39. The number of ether oxygens (including phenoxy) is 2. The van der Waals surface area contributed by atoms with Crippen LogP contribution in [0.4, 0.5) is 0 Å². The van der Waals surface area contributed by atoms with Crippen LogP contribution in [-0.2, 0) is 9.47 Å². The third kappa shape index (κ3) is 8.21.